The zero-order chi connectivity index (χ0) is 26.5. The van der Waals surface area contributed by atoms with Gasteiger partial charge in [-0.1, -0.05) is 19.9 Å². The molecule has 1 atom stereocenters. The van der Waals surface area contributed by atoms with Crippen molar-refractivity contribution in [3.05, 3.63) is 81.2 Å². The molecule has 0 spiro atoms. The van der Waals surface area contributed by atoms with Crippen molar-refractivity contribution in [2.24, 2.45) is 4.99 Å². The predicted molar refractivity (Wildman–Crippen MR) is 138 cm³/mol. The molecule has 3 aliphatic heterocycles. The number of amidine groups is 1. The molecule has 187 valence electrons. The van der Waals surface area contributed by atoms with Crippen molar-refractivity contribution in [1.29, 1.82) is 0 Å². The van der Waals surface area contributed by atoms with Gasteiger partial charge in [0.2, 0.25) is 0 Å². The van der Waals surface area contributed by atoms with Crippen LogP contribution in [-0.4, -0.2) is 44.2 Å². The number of carbonyl (C=O) groups is 2. The Morgan fingerprint density at radius 2 is 1.68 bits per heavy atom. The van der Waals surface area contributed by atoms with Gasteiger partial charge in [0.25, 0.3) is 0 Å². The maximum absolute atomic E-state index is 15.0. The number of nitrogens with one attached hydrogen (secondary N) is 1. The maximum atomic E-state index is 15.0. The monoisotopic (exact) mass is 636 g/mol. The van der Waals surface area contributed by atoms with E-state index < -0.39 is 28.8 Å². The number of alkyl halides is 3. The number of benzene rings is 2. The molecule has 1 aromatic heterocycles. The number of aliphatic imine (C=N–C) groups is 1. The number of thiophene rings is 1. The minimum absolute atomic E-state index is 0.0832. The summed E-state index contributed by atoms with van der Waals surface area (Å²) in [6.45, 7) is 5.27. The molecule has 2 aromatic carbocycles. The van der Waals surface area contributed by atoms with Crippen LogP contribution >= 0.6 is 11.3 Å². The van der Waals surface area contributed by atoms with Gasteiger partial charge >= 0.3 is 209 Å². The average molecular weight is 634 g/mol. The molecule has 10 heteroatoms. The fourth-order valence-electron chi connectivity index (χ4n) is 5.52. The molecule has 37 heavy (non-hydrogen) atoms. The summed E-state index contributed by atoms with van der Waals surface area (Å²) in [6, 6.07) is 14.3. The number of carbonyl (C=O) groups excluding carboxylic acids is 2. The topological polar surface area (TPSA) is 61.8 Å². The van der Waals surface area contributed by atoms with Gasteiger partial charge in [0, 0.05) is 0 Å². The Morgan fingerprint density at radius 1 is 1.00 bits per heavy atom. The number of rotatable bonds is 1. The van der Waals surface area contributed by atoms with Crippen LogP contribution in [0.4, 0.5) is 29.5 Å². The molecule has 3 aromatic rings. The second-order valence-corrected chi connectivity index (χ2v) is 12.1. The summed E-state index contributed by atoms with van der Waals surface area (Å²) >= 11 is 2.54. The number of anilines is 3. The Kier molecular flexibility index (Phi) is 5.14. The van der Waals surface area contributed by atoms with E-state index in [1.165, 1.54) is 41.4 Å². The Labute approximate surface area is 228 Å². The van der Waals surface area contributed by atoms with Crippen LogP contribution in [-0.2, 0) is 20.4 Å². The van der Waals surface area contributed by atoms with Crippen molar-refractivity contribution in [2.45, 2.75) is 37.8 Å². The second kappa shape index (κ2) is 7.79. The van der Waals surface area contributed by atoms with Crippen molar-refractivity contribution in [3.8, 4) is 0 Å². The first kappa shape index (κ1) is 24.4. The van der Waals surface area contributed by atoms with E-state index in [2.05, 4.69) is 10.3 Å². The van der Waals surface area contributed by atoms with Crippen LogP contribution in [0.1, 0.15) is 47.9 Å². The van der Waals surface area contributed by atoms with Crippen molar-refractivity contribution in [2.75, 3.05) is 4.90 Å². The van der Waals surface area contributed by atoms with Crippen LogP contribution in [0.25, 0.3) is 6.08 Å². The summed E-state index contributed by atoms with van der Waals surface area (Å²) in [6.07, 6.45) is -3.27. The summed E-state index contributed by atoms with van der Waals surface area (Å²) in [5.41, 5.74) is 0.389. The molecule has 4 heterocycles. The number of fused-ring (bicyclic) bond motifs is 4. The third kappa shape index (κ3) is 3.25. The third-order valence-corrected chi connectivity index (χ3v) is 9.13. The number of amides is 2. The molecular formula is C27H19F3N3O2STe. The standard InChI is InChI=1S/C27H19F3N3O2STe/c1-25(2)15-7-4-5-10-19(15)33-20-16(25)8-6-9-17(20)26(3,27(28,29)30)18-12-13(36-23(18)33)11-14-21(34)31-24(37)32-22(14)35/h4-12H,1-3H3,(H,31,32,34,35). The first-order valence-corrected chi connectivity index (χ1v) is 13.4. The average Bonchev–Trinajstić information content (AvgIpc) is 3.24. The summed E-state index contributed by atoms with van der Waals surface area (Å²) in [5, 5.41) is 2.91. The van der Waals surface area contributed by atoms with E-state index in [0.717, 1.165) is 28.2 Å². The van der Waals surface area contributed by atoms with E-state index in [4.69, 9.17) is 0 Å². The molecule has 0 saturated heterocycles. The molecule has 2 amide bonds. The molecule has 1 unspecified atom stereocenters. The first-order chi connectivity index (χ1) is 17.4. The van der Waals surface area contributed by atoms with Gasteiger partial charge in [0.15, 0.2) is 0 Å². The summed E-state index contributed by atoms with van der Waals surface area (Å²) < 4.78 is 45.3. The molecule has 0 saturated carbocycles. The quantitative estimate of drug-likeness (QED) is 0.216. The number of nitrogens with zero attached hydrogens (tertiary/aromatic N) is 2. The predicted octanol–water partition coefficient (Wildman–Crippen LogP) is 5.60. The van der Waals surface area contributed by atoms with Gasteiger partial charge in [-0.2, -0.15) is 0 Å². The zero-order valence-electron chi connectivity index (χ0n) is 19.9. The summed E-state index contributed by atoms with van der Waals surface area (Å²) in [4.78, 5) is 31.0. The summed E-state index contributed by atoms with van der Waals surface area (Å²) in [7, 11) is 0. The normalized spacial score (nSPS) is 22.7. The van der Waals surface area contributed by atoms with Gasteiger partial charge in [-0.15, -0.1) is 0 Å². The third-order valence-electron chi connectivity index (χ3n) is 7.52. The van der Waals surface area contributed by atoms with Crippen molar-refractivity contribution < 1.29 is 22.8 Å². The van der Waals surface area contributed by atoms with E-state index in [1.54, 1.807) is 12.1 Å². The van der Waals surface area contributed by atoms with Gasteiger partial charge in [0.1, 0.15) is 0 Å². The fourth-order valence-corrected chi connectivity index (χ4v) is 7.26. The van der Waals surface area contributed by atoms with Crippen LogP contribution in [0.2, 0.25) is 0 Å². The number of para-hydroxylation sites is 2. The first-order valence-electron chi connectivity index (χ1n) is 11.4. The Bertz CT molecular complexity index is 1600. The number of hydrogen-bond donors (Lipinski definition) is 1. The van der Waals surface area contributed by atoms with Crippen LogP contribution in [0.5, 0.6) is 0 Å². The zero-order valence-corrected chi connectivity index (χ0v) is 23.0. The van der Waals surface area contributed by atoms with Crippen LogP contribution < -0.4 is 10.2 Å². The number of hydrogen-bond acceptors (Lipinski definition) is 4. The molecule has 3 aliphatic rings. The molecule has 0 aliphatic carbocycles. The van der Waals surface area contributed by atoms with E-state index >= 15 is 13.2 Å². The molecule has 1 radical (unpaired) electrons. The van der Waals surface area contributed by atoms with Gasteiger partial charge in [-0.05, 0) is 0 Å². The Hall–Kier alpha value is -2.93. The van der Waals surface area contributed by atoms with Gasteiger partial charge in [0.05, 0.1) is 0 Å². The van der Waals surface area contributed by atoms with Crippen molar-refractivity contribution >= 4 is 71.8 Å². The van der Waals surface area contributed by atoms with E-state index in [1.807, 2.05) is 49.1 Å². The number of halogens is 3. The minimum atomic E-state index is -4.60. The summed E-state index contributed by atoms with van der Waals surface area (Å²) in [5.74, 6) is -1.34. The Balaban J connectivity index is 1.67. The Morgan fingerprint density at radius 3 is 2.38 bits per heavy atom. The van der Waals surface area contributed by atoms with Crippen molar-refractivity contribution in [1.82, 2.24) is 5.32 Å². The molecule has 0 bridgehead atoms. The van der Waals surface area contributed by atoms with E-state index in [9.17, 15) is 9.59 Å². The molecule has 0 fully saturated rings. The molecular weight excluding hydrogens is 615 g/mol. The van der Waals surface area contributed by atoms with Crippen LogP contribution in [0.15, 0.2) is 59.1 Å². The molecule has 6 rings (SSSR count). The van der Waals surface area contributed by atoms with Crippen molar-refractivity contribution in [3.63, 3.8) is 0 Å². The second-order valence-electron chi connectivity index (χ2n) is 9.90. The van der Waals surface area contributed by atoms with Gasteiger partial charge < -0.3 is 0 Å². The van der Waals surface area contributed by atoms with E-state index in [0.29, 0.717) is 15.6 Å². The van der Waals surface area contributed by atoms with Gasteiger partial charge in [-0.25, -0.2) is 0 Å². The van der Waals surface area contributed by atoms with Crippen LogP contribution in [0, 0.1) is 0 Å². The molecule has 5 nitrogen and oxygen atoms in total. The fraction of sp³-hybridized carbons (Fsp3) is 0.222. The van der Waals surface area contributed by atoms with Gasteiger partial charge in [-0.3, -0.25) is 0 Å². The SMILES string of the molecule is CC1(C)c2ccccc2N2c3sc(/C=C4/C(=O)N=C([Te])NC4=O)cc3C(C)(C(F)(F)F)c3cccc1c32. The van der Waals surface area contributed by atoms with Crippen LogP contribution in [0.3, 0.4) is 0 Å². The van der Waals surface area contributed by atoms with E-state index in [-0.39, 0.29) is 20.6 Å². The molecule has 1 N–H and O–H groups in total.